The second-order valence-corrected chi connectivity index (χ2v) is 3.81. The Morgan fingerprint density at radius 1 is 1.45 bits per heavy atom. The van der Waals surface area contributed by atoms with Crippen molar-refractivity contribution in [1.82, 2.24) is 0 Å². The lowest BCUT2D eigenvalue weighted by Crippen LogP contribution is -2.06. The van der Waals surface area contributed by atoms with Gasteiger partial charge >= 0.3 is 0 Å². The summed E-state index contributed by atoms with van der Waals surface area (Å²) in [6.45, 7) is 0.650. The molecule has 0 rings (SSSR count). The largest absolute Gasteiger partial charge is 0.481 e. The summed E-state index contributed by atoms with van der Waals surface area (Å²) in [6.07, 6.45) is 0. The Morgan fingerprint density at radius 3 is 1.55 bits per heavy atom. The zero-order valence-corrected chi connectivity index (χ0v) is 7.91. The number of carboxylic acid groups (broad SMARTS) is 1. The van der Waals surface area contributed by atoms with Gasteiger partial charge in [-0.15, -0.1) is 0 Å². The Kier molecular flexibility index (Phi) is 13.2. The van der Waals surface area contributed by atoms with Gasteiger partial charge in [0.25, 0.3) is 5.97 Å². The maximum absolute atomic E-state index is 9.00. The first-order chi connectivity index (χ1) is 4.29. The van der Waals surface area contributed by atoms with Gasteiger partial charge in [-0.3, -0.25) is 4.79 Å². The highest BCUT2D eigenvalue weighted by molar-refractivity contribution is 6.67. The van der Waals surface area contributed by atoms with E-state index >= 15 is 0 Å². The van der Waals surface area contributed by atoms with Crippen molar-refractivity contribution in [3.05, 3.63) is 0 Å². The second kappa shape index (κ2) is 8.36. The van der Waals surface area contributed by atoms with Crippen molar-refractivity contribution >= 4 is 40.8 Å². The molecule has 7 heteroatoms. The van der Waals surface area contributed by atoms with Gasteiger partial charge in [-0.2, -0.15) is 0 Å². The average molecular weight is 227 g/mol. The highest BCUT2D eigenvalue weighted by atomic mass is 35.6. The summed E-state index contributed by atoms with van der Waals surface area (Å²) in [5, 5.41) is 15.4. The van der Waals surface area contributed by atoms with Gasteiger partial charge in [-0.1, -0.05) is 34.8 Å². The summed E-state index contributed by atoms with van der Waals surface area (Å²) < 4.78 is -1.49. The molecule has 11 heavy (non-hydrogen) atoms. The fourth-order valence-corrected chi connectivity index (χ4v) is 0. The van der Waals surface area contributed by atoms with Crippen LogP contribution in [0.4, 0.5) is 0 Å². The third-order valence-electron chi connectivity index (χ3n) is 0.179. The molecule has 0 spiro atoms. The molecule has 0 saturated carbocycles. The van der Waals surface area contributed by atoms with E-state index < -0.39 is 16.4 Å². The highest BCUT2D eigenvalue weighted by Gasteiger charge is 2.16. The molecule has 0 heterocycles. The van der Waals surface area contributed by atoms with E-state index in [9.17, 15) is 0 Å². The summed E-state index contributed by atoms with van der Waals surface area (Å²) in [6, 6.07) is 0. The lowest BCUT2D eigenvalue weighted by atomic mass is 10.9. The van der Waals surface area contributed by atoms with Crippen LogP contribution in [0.1, 0.15) is 6.92 Å². The number of alkyl halides is 3. The second-order valence-electron chi connectivity index (χ2n) is 1.29. The van der Waals surface area contributed by atoms with E-state index in [0.717, 1.165) is 6.92 Å². The van der Waals surface area contributed by atoms with Crippen LogP contribution in [0.25, 0.3) is 0 Å². The van der Waals surface area contributed by atoms with Crippen LogP contribution in [0.2, 0.25) is 0 Å². The van der Waals surface area contributed by atoms with Crippen molar-refractivity contribution in [3.63, 3.8) is 0 Å². The highest BCUT2D eigenvalue weighted by Crippen LogP contribution is 2.23. The molecule has 0 aromatic carbocycles. The van der Waals surface area contributed by atoms with Gasteiger partial charge in [0.15, 0.2) is 0 Å². The van der Waals surface area contributed by atoms with Crippen LogP contribution in [0.5, 0.6) is 0 Å². The molecule has 0 fully saturated rings. The lowest BCUT2D eigenvalue weighted by Gasteiger charge is -2.01. The molecule has 4 nitrogen and oxygen atoms in total. The zero-order chi connectivity index (χ0) is 8.78. The van der Waals surface area contributed by atoms with Crippen LogP contribution in [0, 0.1) is 0 Å². The smallest absolute Gasteiger partial charge is 0.300 e. The first-order valence-corrected chi connectivity index (χ1v) is 3.30. The Bertz CT molecular complexity index is 96.0. The molecule has 0 bridgehead atoms. The number of rotatable bonds is 0. The quantitative estimate of drug-likeness (QED) is 0.594. The van der Waals surface area contributed by atoms with Crippen LogP contribution in [0.3, 0.4) is 0 Å². The maximum atomic E-state index is 9.00. The number of halogens is 3. The predicted molar refractivity (Wildman–Crippen MR) is 44.3 cm³/mol. The number of aliphatic carboxylic acids is 1. The van der Waals surface area contributed by atoms with Gasteiger partial charge in [-0.25, -0.2) is 0 Å². The number of carboxylic acids is 1. The topological polar surface area (TPSA) is 89.0 Å². The molecule has 0 aromatic rings. The van der Waals surface area contributed by atoms with Gasteiger partial charge in [0.2, 0.25) is 3.79 Å². The summed E-state index contributed by atoms with van der Waals surface area (Å²) in [5.41, 5.74) is 0. The third-order valence-corrected chi connectivity index (χ3v) is 0.538. The minimum Gasteiger partial charge on any atom is -0.481 e. The number of hydrogen-bond acceptors (Lipinski definition) is 2. The first-order valence-electron chi connectivity index (χ1n) is 2.16. The molecule has 0 aliphatic rings. The van der Waals surface area contributed by atoms with Crippen LogP contribution >= 0.6 is 34.8 Å². The number of hydrogen-bond donors (Lipinski definition) is 2. The van der Waals surface area contributed by atoms with Crippen LogP contribution < -0.4 is 0 Å². The molecule has 0 aromatic heterocycles. The monoisotopic (exact) mass is 226 g/mol. The molecular formula is C4H9Cl3O4. The Hall–Kier alpha value is 0.260. The van der Waals surface area contributed by atoms with Crippen LogP contribution in [-0.4, -0.2) is 32.1 Å². The van der Waals surface area contributed by atoms with E-state index in [1.165, 1.54) is 0 Å². The Labute approximate surface area is 79.0 Å². The predicted octanol–water partition coefficient (Wildman–Crippen LogP) is 0.615. The molecule has 0 saturated heterocycles. The summed E-state index contributed by atoms with van der Waals surface area (Å²) in [5.74, 6) is -0.833. The van der Waals surface area contributed by atoms with Crippen LogP contribution in [0.15, 0.2) is 0 Å². The fourth-order valence-electron chi connectivity index (χ4n) is 0. The standard InChI is InChI=1S/C2H3Cl3O.C2H4O2.H2O/c3-2(4,5)1-6;1-2(3)4;/h6H,1H2;1H3,(H,3,4);1H2. The normalized spacial score (nSPS) is 8.82. The van der Waals surface area contributed by atoms with Crippen molar-refractivity contribution in [2.45, 2.75) is 10.7 Å². The lowest BCUT2D eigenvalue weighted by molar-refractivity contribution is -0.134. The molecule has 4 N–H and O–H groups in total. The molecule has 0 aliphatic carbocycles. The van der Waals surface area contributed by atoms with Crippen molar-refractivity contribution in [1.29, 1.82) is 0 Å². The first kappa shape index (κ1) is 17.4. The molecule has 0 radical (unpaired) electrons. The van der Waals surface area contributed by atoms with Gasteiger partial charge < -0.3 is 15.7 Å². The molecule has 0 aliphatic heterocycles. The molecule has 0 unspecified atom stereocenters. The van der Waals surface area contributed by atoms with E-state index in [1.54, 1.807) is 0 Å². The number of aliphatic hydroxyl groups is 1. The van der Waals surface area contributed by atoms with Crippen molar-refractivity contribution in [2.75, 3.05) is 6.61 Å². The molecule has 0 amide bonds. The Balaban J connectivity index is -0.000000114. The van der Waals surface area contributed by atoms with Gasteiger partial charge in [0.1, 0.15) is 0 Å². The van der Waals surface area contributed by atoms with Crippen molar-refractivity contribution < 1.29 is 20.5 Å². The maximum Gasteiger partial charge on any atom is 0.300 e. The van der Waals surface area contributed by atoms with Gasteiger partial charge in [0, 0.05) is 6.92 Å². The van der Waals surface area contributed by atoms with E-state index in [-0.39, 0.29) is 5.48 Å². The average Bonchev–Trinajstić information content (AvgIpc) is 1.63. The van der Waals surface area contributed by atoms with Crippen LogP contribution in [-0.2, 0) is 4.79 Å². The van der Waals surface area contributed by atoms with Crippen molar-refractivity contribution in [3.8, 4) is 0 Å². The summed E-state index contributed by atoms with van der Waals surface area (Å²) in [4.78, 5) is 9.00. The van der Waals surface area contributed by atoms with E-state index in [0.29, 0.717) is 0 Å². The van der Waals surface area contributed by atoms with E-state index in [2.05, 4.69) is 0 Å². The summed E-state index contributed by atoms with van der Waals surface area (Å²) in [7, 11) is 0. The van der Waals surface area contributed by atoms with Crippen molar-refractivity contribution in [2.24, 2.45) is 0 Å². The zero-order valence-electron chi connectivity index (χ0n) is 5.64. The fraction of sp³-hybridized carbons (Fsp3) is 0.750. The number of aliphatic hydroxyl groups excluding tert-OH is 1. The minimum absolute atomic E-state index is 0. The SMILES string of the molecule is CC(=O)O.O.OCC(Cl)(Cl)Cl. The van der Waals surface area contributed by atoms with Gasteiger partial charge in [-0.05, 0) is 0 Å². The third kappa shape index (κ3) is 65.9. The molecule has 0 atom stereocenters. The molecular weight excluding hydrogens is 218 g/mol. The van der Waals surface area contributed by atoms with E-state index in [4.69, 9.17) is 49.8 Å². The van der Waals surface area contributed by atoms with E-state index in [1.807, 2.05) is 0 Å². The molecule has 70 valence electrons. The number of carbonyl (C=O) groups is 1. The minimum atomic E-state index is -1.49. The van der Waals surface area contributed by atoms with Gasteiger partial charge in [0.05, 0.1) is 6.61 Å². The summed E-state index contributed by atoms with van der Waals surface area (Å²) >= 11 is 15.0. The Morgan fingerprint density at radius 2 is 1.55 bits per heavy atom.